The Morgan fingerprint density at radius 2 is 1.85 bits per heavy atom. The van der Waals surface area contributed by atoms with E-state index in [-0.39, 0.29) is 10.6 Å². The normalized spacial score (nSPS) is 11.2. The SMILES string of the molecule is COc1ccc(S(=O)(=O)Nc2cnn(Cc3ccc(Cl)cc3)c2)c(OC)c1. The third-order valence-electron chi connectivity index (χ3n) is 3.80. The van der Waals surface area contributed by atoms with E-state index in [0.29, 0.717) is 23.0 Å². The molecule has 142 valence electrons. The van der Waals surface area contributed by atoms with Crippen LogP contribution >= 0.6 is 11.6 Å². The van der Waals surface area contributed by atoms with Gasteiger partial charge in [-0.25, -0.2) is 8.42 Å². The van der Waals surface area contributed by atoms with Crippen LogP contribution in [0.2, 0.25) is 5.02 Å². The lowest BCUT2D eigenvalue weighted by Crippen LogP contribution is -2.13. The van der Waals surface area contributed by atoms with Crippen LogP contribution in [0.1, 0.15) is 5.56 Å². The maximum Gasteiger partial charge on any atom is 0.265 e. The number of nitrogens with zero attached hydrogens (tertiary/aromatic N) is 2. The van der Waals surface area contributed by atoms with Crippen molar-refractivity contribution in [3.63, 3.8) is 0 Å². The van der Waals surface area contributed by atoms with Crippen LogP contribution in [0.5, 0.6) is 11.5 Å². The average molecular weight is 408 g/mol. The predicted molar refractivity (Wildman–Crippen MR) is 103 cm³/mol. The first kappa shape index (κ1) is 19.1. The van der Waals surface area contributed by atoms with E-state index in [9.17, 15) is 8.42 Å². The number of rotatable bonds is 7. The van der Waals surface area contributed by atoms with Crippen LogP contribution in [0, 0.1) is 0 Å². The molecule has 2 aromatic carbocycles. The smallest absolute Gasteiger partial charge is 0.265 e. The first-order valence-corrected chi connectivity index (χ1v) is 9.79. The van der Waals surface area contributed by atoms with Gasteiger partial charge in [-0.1, -0.05) is 23.7 Å². The summed E-state index contributed by atoms with van der Waals surface area (Å²) in [5.41, 5.74) is 1.34. The molecule has 27 heavy (non-hydrogen) atoms. The molecule has 3 rings (SSSR count). The Balaban J connectivity index is 1.78. The van der Waals surface area contributed by atoms with Crippen LogP contribution in [0.4, 0.5) is 5.69 Å². The molecule has 3 aromatic rings. The number of sulfonamides is 1. The molecule has 0 unspecified atom stereocenters. The molecule has 0 aliphatic carbocycles. The Morgan fingerprint density at radius 3 is 2.52 bits per heavy atom. The summed E-state index contributed by atoms with van der Waals surface area (Å²) in [6, 6.07) is 11.9. The van der Waals surface area contributed by atoms with Crippen LogP contribution in [0.15, 0.2) is 59.8 Å². The zero-order valence-electron chi connectivity index (χ0n) is 14.7. The highest BCUT2D eigenvalue weighted by molar-refractivity contribution is 7.92. The van der Waals surface area contributed by atoms with Crippen molar-refractivity contribution in [1.82, 2.24) is 9.78 Å². The summed E-state index contributed by atoms with van der Waals surface area (Å²) in [7, 11) is -0.951. The summed E-state index contributed by atoms with van der Waals surface area (Å²) in [5, 5.41) is 4.84. The van der Waals surface area contributed by atoms with E-state index in [1.807, 2.05) is 12.1 Å². The second-order valence-corrected chi connectivity index (χ2v) is 7.76. The van der Waals surface area contributed by atoms with Gasteiger partial charge in [-0.05, 0) is 29.8 Å². The van der Waals surface area contributed by atoms with Crippen molar-refractivity contribution in [2.45, 2.75) is 11.4 Å². The molecule has 0 radical (unpaired) electrons. The second-order valence-electron chi connectivity index (χ2n) is 5.68. The molecule has 9 heteroatoms. The largest absolute Gasteiger partial charge is 0.497 e. The van der Waals surface area contributed by atoms with Gasteiger partial charge in [0.15, 0.2) is 0 Å². The summed E-state index contributed by atoms with van der Waals surface area (Å²) in [6.45, 7) is 0.491. The fourth-order valence-electron chi connectivity index (χ4n) is 2.49. The van der Waals surface area contributed by atoms with E-state index in [1.54, 1.807) is 29.1 Å². The van der Waals surface area contributed by atoms with Gasteiger partial charge in [-0.2, -0.15) is 5.10 Å². The number of hydrogen-bond donors (Lipinski definition) is 1. The number of methoxy groups -OCH3 is 2. The first-order valence-electron chi connectivity index (χ1n) is 7.93. The number of nitrogens with one attached hydrogen (secondary N) is 1. The van der Waals surface area contributed by atoms with Gasteiger partial charge < -0.3 is 9.47 Å². The summed E-state index contributed by atoms with van der Waals surface area (Å²) >= 11 is 5.88. The van der Waals surface area contributed by atoms with E-state index < -0.39 is 10.0 Å². The molecule has 0 atom stereocenters. The third kappa shape index (κ3) is 4.53. The van der Waals surface area contributed by atoms with Gasteiger partial charge in [0.1, 0.15) is 16.4 Å². The molecule has 1 N–H and O–H groups in total. The Labute approximate surface area is 162 Å². The van der Waals surface area contributed by atoms with Gasteiger partial charge in [-0.15, -0.1) is 0 Å². The van der Waals surface area contributed by atoms with E-state index >= 15 is 0 Å². The summed E-state index contributed by atoms with van der Waals surface area (Å²) in [5.74, 6) is 0.692. The monoisotopic (exact) mass is 407 g/mol. The molecule has 0 fully saturated rings. The maximum atomic E-state index is 12.7. The Kier molecular flexibility index (Phi) is 5.57. The standard InChI is InChI=1S/C18H18ClN3O4S/c1-25-16-7-8-18(17(9-16)26-2)27(23,24)21-15-10-20-22(12-15)11-13-3-5-14(19)6-4-13/h3-10,12,21H,11H2,1-2H3. The molecule has 1 aromatic heterocycles. The Morgan fingerprint density at radius 1 is 1.11 bits per heavy atom. The minimum Gasteiger partial charge on any atom is -0.497 e. The van der Waals surface area contributed by atoms with Crippen molar-refractivity contribution in [2.75, 3.05) is 18.9 Å². The minimum absolute atomic E-state index is 0.0104. The molecular formula is C18H18ClN3O4S. The summed E-state index contributed by atoms with van der Waals surface area (Å²) in [6.07, 6.45) is 3.06. The topological polar surface area (TPSA) is 82.5 Å². The molecule has 0 spiro atoms. The number of aromatic nitrogens is 2. The van der Waals surface area contributed by atoms with Crippen LogP contribution in [-0.2, 0) is 16.6 Å². The second kappa shape index (κ2) is 7.89. The van der Waals surface area contributed by atoms with Crippen LogP contribution in [-0.4, -0.2) is 32.4 Å². The van der Waals surface area contributed by atoms with Crippen LogP contribution < -0.4 is 14.2 Å². The molecule has 0 saturated carbocycles. The fourth-order valence-corrected chi connectivity index (χ4v) is 3.79. The van der Waals surface area contributed by atoms with E-state index in [4.69, 9.17) is 21.1 Å². The quantitative estimate of drug-likeness (QED) is 0.649. The molecule has 0 aliphatic heterocycles. The zero-order chi connectivity index (χ0) is 19.4. The van der Waals surface area contributed by atoms with Crippen molar-refractivity contribution in [1.29, 1.82) is 0 Å². The molecule has 0 bridgehead atoms. The highest BCUT2D eigenvalue weighted by atomic mass is 35.5. The molecule has 7 nitrogen and oxygen atoms in total. The number of halogens is 1. The number of ether oxygens (including phenoxy) is 2. The highest BCUT2D eigenvalue weighted by Gasteiger charge is 2.21. The van der Waals surface area contributed by atoms with Crippen molar-refractivity contribution >= 4 is 27.3 Å². The third-order valence-corrected chi connectivity index (χ3v) is 5.48. The molecular weight excluding hydrogens is 390 g/mol. The molecule has 0 saturated heterocycles. The number of anilines is 1. The van der Waals surface area contributed by atoms with E-state index in [0.717, 1.165) is 5.56 Å². The molecule has 0 amide bonds. The van der Waals surface area contributed by atoms with Gasteiger partial charge in [0.25, 0.3) is 10.0 Å². The van der Waals surface area contributed by atoms with E-state index in [2.05, 4.69) is 9.82 Å². The van der Waals surface area contributed by atoms with Gasteiger partial charge in [0.05, 0.1) is 32.6 Å². The maximum absolute atomic E-state index is 12.7. The fraction of sp³-hybridized carbons (Fsp3) is 0.167. The summed E-state index contributed by atoms with van der Waals surface area (Å²) in [4.78, 5) is 0.0104. The lowest BCUT2D eigenvalue weighted by molar-refractivity contribution is 0.386. The van der Waals surface area contributed by atoms with Crippen molar-refractivity contribution in [3.05, 3.63) is 65.4 Å². The molecule has 1 heterocycles. The van der Waals surface area contributed by atoms with Gasteiger partial charge in [0.2, 0.25) is 0 Å². The minimum atomic E-state index is -3.85. The zero-order valence-corrected chi connectivity index (χ0v) is 16.3. The van der Waals surface area contributed by atoms with Crippen molar-refractivity contribution in [3.8, 4) is 11.5 Å². The lowest BCUT2D eigenvalue weighted by atomic mass is 10.2. The number of hydrogen-bond acceptors (Lipinski definition) is 5. The van der Waals surface area contributed by atoms with Gasteiger partial charge in [-0.3, -0.25) is 9.40 Å². The highest BCUT2D eigenvalue weighted by Crippen LogP contribution is 2.29. The van der Waals surface area contributed by atoms with Crippen molar-refractivity contribution in [2.24, 2.45) is 0 Å². The lowest BCUT2D eigenvalue weighted by Gasteiger charge is -2.11. The number of benzene rings is 2. The molecule has 0 aliphatic rings. The first-order chi connectivity index (χ1) is 12.9. The summed E-state index contributed by atoms with van der Waals surface area (Å²) < 4.78 is 39.8. The van der Waals surface area contributed by atoms with Gasteiger partial charge in [0, 0.05) is 17.3 Å². The Bertz CT molecular complexity index is 1030. The predicted octanol–water partition coefficient (Wildman–Crippen LogP) is 3.40. The Hall–Kier alpha value is -2.71. The van der Waals surface area contributed by atoms with Gasteiger partial charge >= 0.3 is 0 Å². The van der Waals surface area contributed by atoms with Crippen LogP contribution in [0.25, 0.3) is 0 Å². The average Bonchev–Trinajstić information content (AvgIpc) is 3.09. The van der Waals surface area contributed by atoms with E-state index in [1.165, 1.54) is 32.5 Å². The van der Waals surface area contributed by atoms with Crippen LogP contribution in [0.3, 0.4) is 0 Å². The van der Waals surface area contributed by atoms with Crippen molar-refractivity contribution < 1.29 is 17.9 Å².